The Bertz CT molecular complexity index is 497. The molecule has 1 N–H and O–H groups in total. The van der Waals surface area contributed by atoms with Crippen molar-refractivity contribution in [2.45, 2.75) is 32.9 Å². The normalized spacial score (nSPS) is 10.1. The summed E-state index contributed by atoms with van der Waals surface area (Å²) in [6.45, 7) is 4.55. The van der Waals surface area contributed by atoms with Gasteiger partial charge in [0.25, 0.3) is 0 Å². The van der Waals surface area contributed by atoms with E-state index >= 15 is 0 Å². The zero-order valence-electron chi connectivity index (χ0n) is 12.9. The van der Waals surface area contributed by atoms with Crippen molar-refractivity contribution >= 4 is 5.91 Å². The van der Waals surface area contributed by atoms with Gasteiger partial charge >= 0.3 is 0 Å². The van der Waals surface area contributed by atoms with E-state index in [2.05, 4.69) is 11.8 Å². The van der Waals surface area contributed by atoms with Crippen molar-refractivity contribution in [1.29, 1.82) is 0 Å². The third-order valence-electron chi connectivity index (χ3n) is 2.81. The summed E-state index contributed by atoms with van der Waals surface area (Å²) in [6, 6.07) is 7.75. The number of carbonyl (C=O) groups excluding carboxylic acids is 1. The van der Waals surface area contributed by atoms with Crippen LogP contribution in [0, 0.1) is 11.8 Å². The molecule has 0 aliphatic heterocycles. The molecule has 0 aliphatic rings. The van der Waals surface area contributed by atoms with E-state index < -0.39 is 0 Å². The van der Waals surface area contributed by atoms with E-state index in [0.29, 0.717) is 13.0 Å². The highest BCUT2D eigenvalue weighted by molar-refractivity contribution is 5.77. The average molecular weight is 289 g/mol. The van der Waals surface area contributed by atoms with E-state index in [4.69, 9.17) is 9.84 Å². The molecule has 0 aromatic heterocycles. The van der Waals surface area contributed by atoms with Gasteiger partial charge in [-0.15, -0.1) is 0 Å². The topological polar surface area (TPSA) is 49.8 Å². The Morgan fingerprint density at radius 2 is 2.00 bits per heavy atom. The fourth-order valence-electron chi connectivity index (χ4n) is 1.62. The number of likely N-dealkylation sites (N-methyl/N-ethyl adjacent to an activating group) is 1. The molecule has 4 heteroatoms. The number of carbonyl (C=O) groups is 1. The van der Waals surface area contributed by atoms with E-state index in [0.717, 1.165) is 11.1 Å². The number of hydrogen-bond acceptors (Lipinski definition) is 3. The van der Waals surface area contributed by atoms with Crippen LogP contribution in [0.3, 0.4) is 0 Å². The van der Waals surface area contributed by atoms with Gasteiger partial charge in [-0.3, -0.25) is 4.79 Å². The highest BCUT2D eigenvalue weighted by Gasteiger charge is 2.10. The quantitative estimate of drug-likeness (QED) is 0.813. The van der Waals surface area contributed by atoms with Gasteiger partial charge in [0, 0.05) is 25.6 Å². The van der Waals surface area contributed by atoms with Crippen molar-refractivity contribution in [3.8, 4) is 11.8 Å². The van der Waals surface area contributed by atoms with Gasteiger partial charge in [-0.25, -0.2) is 0 Å². The summed E-state index contributed by atoms with van der Waals surface area (Å²) < 4.78 is 5.31. The molecule has 0 saturated heterocycles. The molecular formula is C17H23NO3. The second kappa shape index (κ2) is 9.17. The second-order valence-electron chi connectivity index (χ2n) is 5.08. The number of nitrogens with zero attached hydrogens (tertiary/aromatic N) is 1. The first kappa shape index (κ1) is 17.2. The molecular weight excluding hydrogens is 266 g/mol. The number of ether oxygens (including phenoxy) is 1. The second-order valence-corrected chi connectivity index (χ2v) is 5.08. The van der Waals surface area contributed by atoms with Gasteiger partial charge in [0.1, 0.15) is 6.61 Å². The van der Waals surface area contributed by atoms with Gasteiger partial charge in [0.2, 0.25) is 5.91 Å². The maximum Gasteiger partial charge on any atom is 0.248 e. The largest absolute Gasteiger partial charge is 0.395 e. The number of hydrogen-bond donors (Lipinski definition) is 1. The molecule has 0 radical (unpaired) electrons. The van der Waals surface area contributed by atoms with Gasteiger partial charge in [0.15, 0.2) is 0 Å². The smallest absolute Gasteiger partial charge is 0.248 e. The van der Waals surface area contributed by atoms with Crippen LogP contribution in [-0.4, -0.2) is 42.3 Å². The van der Waals surface area contributed by atoms with Crippen LogP contribution in [0.2, 0.25) is 0 Å². The maximum absolute atomic E-state index is 11.8. The monoisotopic (exact) mass is 289 g/mol. The first-order valence-electron chi connectivity index (χ1n) is 7.07. The molecule has 0 heterocycles. The summed E-state index contributed by atoms with van der Waals surface area (Å²) in [5.74, 6) is 5.82. The number of rotatable bonds is 6. The average Bonchev–Trinajstić information content (AvgIpc) is 2.46. The predicted molar refractivity (Wildman–Crippen MR) is 82.6 cm³/mol. The van der Waals surface area contributed by atoms with Crippen molar-refractivity contribution in [2.24, 2.45) is 0 Å². The molecule has 1 rings (SSSR count). The fraction of sp³-hybridized carbons (Fsp3) is 0.471. The minimum Gasteiger partial charge on any atom is -0.395 e. The predicted octanol–water partition coefficient (Wildman–Crippen LogP) is 1.80. The van der Waals surface area contributed by atoms with Crippen molar-refractivity contribution in [3.05, 3.63) is 35.4 Å². The van der Waals surface area contributed by atoms with Crippen LogP contribution in [-0.2, 0) is 16.1 Å². The Hall–Kier alpha value is -1.83. The van der Waals surface area contributed by atoms with Crippen molar-refractivity contribution in [2.75, 3.05) is 20.3 Å². The summed E-state index contributed by atoms with van der Waals surface area (Å²) in [7, 11) is 1.76. The first-order valence-corrected chi connectivity index (χ1v) is 7.07. The number of benzene rings is 1. The molecule has 4 nitrogen and oxygen atoms in total. The lowest BCUT2D eigenvalue weighted by Gasteiger charge is -2.18. The summed E-state index contributed by atoms with van der Waals surface area (Å²) in [5.41, 5.74) is 1.95. The first-order chi connectivity index (χ1) is 10.0. The number of amides is 1. The molecule has 0 spiro atoms. The van der Waals surface area contributed by atoms with E-state index in [-0.39, 0.29) is 25.2 Å². The third kappa shape index (κ3) is 6.94. The lowest BCUT2D eigenvalue weighted by atomic mass is 10.1. The van der Waals surface area contributed by atoms with E-state index in [1.165, 1.54) is 0 Å². The van der Waals surface area contributed by atoms with Crippen LogP contribution >= 0.6 is 0 Å². The van der Waals surface area contributed by atoms with Gasteiger partial charge in [-0.1, -0.05) is 24.0 Å². The zero-order chi connectivity index (χ0) is 15.7. The lowest BCUT2D eigenvalue weighted by Crippen LogP contribution is -2.30. The standard InChI is InChI=1S/C17H23NO3/c1-14(2)21-13-17(20)18(3)12-16-9-7-15(8-10-16)6-4-5-11-19/h7-10,14,19H,5,11-13H2,1-3H3. The highest BCUT2D eigenvalue weighted by Crippen LogP contribution is 2.06. The van der Waals surface area contributed by atoms with Gasteiger partial charge in [-0.2, -0.15) is 0 Å². The summed E-state index contributed by atoms with van der Waals surface area (Å²) >= 11 is 0. The number of aliphatic hydroxyl groups is 1. The molecule has 1 aromatic carbocycles. The zero-order valence-corrected chi connectivity index (χ0v) is 12.9. The van der Waals surface area contributed by atoms with Gasteiger partial charge < -0.3 is 14.7 Å². The van der Waals surface area contributed by atoms with Crippen LogP contribution in [0.25, 0.3) is 0 Å². The van der Waals surface area contributed by atoms with Crippen LogP contribution < -0.4 is 0 Å². The van der Waals surface area contributed by atoms with E-state index in [1.54, 1.807) is 11.9 Å². The Morgan fingerprint density at radius 1 is 1.33 bits per heavy atom. The van der Waals surface area contributed by atoms with Crippen LogP contribution in [0.5, 0.6) is 0 Å². The maximum atomic E-state index is 11.8. The van der Waals surface area contributed by atoms with Crippen LogP contribution in [0.15, 0.2) is 24.3 Å². The Balaban J connectivity index is 2.51. The SMILES string of the molecule is CC(C)OCC(=O)N(C)Cc1ccc(C#CCCO)cc1. The molecule has 0 saturated carbocycles. The minimum absolute atomic E-state index is 0.0319. The van der Waals surface area contributed by atoms with Crippen molar-refractivity contribution in [3.63, 3.8) is 0 Å². The summed E-state index contributed by atoms with van der Waals surface area (Å²) in [6.07, 6.45) is 0.536. The highest BCUT2D eigenvalue weighted by atomic mass is 16.5. The minimum atomic E-state index is -0.0319. The van der Waals surface area contributed by atoms with Crippen molar-refractivity contribution < 1.29 is 14.6 Å². The van der Waals surface area contributed by atoms with Crippen LogP contribution in [0.1, 0.15) is 31.4 Å². The van der Waals surface area contributed by atoms with E-state index in [9.17, 15) is 4.79 Å². The summed E-state index contributed by atoms with van der Waals surface area (Å²) in [4.78, 5) is 13.5. The van der Waals surface area contributed by atoms with E-state index in [1.807, 2.05) is 38.1 Å². The molecule has 114 valence electrons. The van der Waals surface area contributed by atoms with Crippen LogP contribution in [0.4, 0.5) is 0 Å². The molecule has 1 aromatic rings. The molecule has 1 amide bonds. The molecule has 0 atom stereocenters. The molecule has 21 heavy (non-hydrogen) atoms. The fourth-order valence-corrected chi connectivity index (χ4v) is 1.62. The molecule has 0 fully saturated rings. The van der Waals surface area contributed by atoms with Crippen molar-refractivity contribution in [1.82, 2.24) is 4.90 Å². The van der Waals surface area contributed by atoms with Gasteiger partial charge in [-0.05, 0) is 31.5 Å². The molecule has 0 aliphatic carbocycles. The Morgan fingerprint density at radius 3 is 2.57 bits per heavy atom. The van der Waals surface area contributed by atoms with Gasteiger partial charge in [0.05, 0.1) is 12.7 Å². The Labute approximate surface area is 126 Å². The molecule has 0 unspecified atom stereocenters. The lowest BCUT2D eigenvalue weighted by molar-refractivity contribution is -0.136. The molecule has 0 bridgehead atoms. The summed E-state index contributed by atoms with van der Waals surface area (Å²) in [5, 5.41) is 8.67. The Kier molecular flexibility index (Phi) is 7.52. The number of aliphatic hydroxyl groups excluding tert-OH is 1. The third-order valence-corrected chi connectivity index (χ3v) is 2.81.